The van der Waals surface area contributed by atoms with Crippen LogP contribution >= 0.6 is 0 Å². The first-order valence-electron chi connectivity index (χ1n) is 4.98. The van der Waals surface area contributed by atoms with Gasteiger partial charge in [-0.05, 0) is 19.1 Å². The molecule has 0 aliphatic heterocycles. The Morgan fingerprint density at radius 2 is 1.94 bits per heavy atom. The number of primary amides is 1. The van der Waals surface area contributed by atoms with Crippen LogP contribution in [0.5, 0.6) is 11.5 Å². The Kier molecular flexibility index (Phi) is 4.59. The van der Waals surface area contributed by atoms with Crippen molar-refractivity contribution in [2.45, 2.75) is 19.3 Å². The standard InChI is InChI=1S/C11H15NO5/c1-7(13)10(17-11(12)14)16-9-6-4-3-5-8(9)15-2/h3-7,10,13H,1-2H3,(H2,12,14). The predicted molar refractivity (Wildman–Crippen MR) is 59.8 cm³/mol. The van der Waals surface area contributed by atoms with Crippen molar-refractivity contribution in [1.82, 2.24) is 0 Å². The third-order valence-electron chi connectivity index (χ3n) is 1.94. The van der Waals surface area contributed by atoms with Gasteiger partial charge in [-0.1, -0.05) is 12.1 Å². The molecular weight excluding hydrogens is 226 g/mol. The molecule has 6 nitrogen and oxygen atoms in total. The van der Waals surface area contributed by atoms with Crippen LogP contribution in [-0.2, 0) is 4.74 Å². The first-order valence-corrected chi connectivity index (χ1v) is 4.98. The van der Waals surface area contributed by atoms with Gasteiger partial charge in [0.2, 0.25) is 0 Å². The van der Waals surface area contributed by atoms with E-state index in [0.717, 1.165) is 0 Å². The highest BCUT2D eigenvalue weighted by atomic mass is 16.7. The summed E-state index contributed by atoms with van der Waals surface area (Å²) in [5.41, 5.74) is 4.87. The molecule has 1 amide bonds. The van der Waals surface area contributed by atoms with Gasteiger partial charge in [0, 0.05) is 0 Å². The number of nitrogens with two attached hydrogens (primary N) is 1. The molecule has 0 fully saturated rings. The summed E-state index contributed by atoms with van der Waals surface area (Å²) in [5, 5.41) is 9.39. The molecule has 0 aliphatic rings. The van der Waals surface area contributed by atoms with E-state index in [4.69, 9.17) is 15.2 Å². The van der Waals surface area contributed by atoms with Crippen molar-refractivity contribution in [3.8, 4) is 11.5 Å². The molecule has 0 bridgehead atoms. The number of para-hydroxylation sites is 2. The molecule has 0 spiro atoms. The molecule has 1 rings (SSSR count). The van der Waals surface area contributed by atoms with E-state index in [1.54, 1.807) is 24.3 Å². The van der Waals surface area contributed by atoms with Crippen LogP contribution in [0.15, 0.2) is 24.3 Å². The fourth-order valence-electron chi connectivity index (χ4n) is 1.18. The largest absolute Gasteiger partial charge is 0.493 e. The van der Waals surface area contributed by atoms with Gasteiger partial charge >= 0.3 is 6.09 Å². The molecule has 2 atom stereocenters. The molecule has 1 aromatic carbocycles. The van der Waals surface area contributed by atoms with Crippen molar-refractivity contribution in [2.24, 2.45) is 5.73 Å². The maximum atomic E-state index is 10.6. The molecule has 3 N–H and O–H groups in total. The van der Waals surface area contributed by atoms with Crippen molar-refractivity contribution in [3.05, 3.63) is 24.3 Å². The van der Waals surface area contributed by atoms with Crippen molar-refractivity contribution in [3.63, 3.8) is 0 Å². The summed E-state index contributed by atoms with van der Waals surface area (Å²) in [6, 6.07) is 6.79. The first-order chi connectivity index (χ1) is 8.04. The van der Waals surface area contributed by atoms with E-state index in [9.17, 15) is 9.90 Å². The highest BCUT2D eigenvalue weighted by molar-refractivity contribution is 5.64. The minimum Gasteiger partial charge on any atom is -0.493 e. The van der Waals surface area contributed by atoms with E-state index in [-0.39, 0.29) is 0 Å². The highest BCUT2D eigenvalue weighted by Crippen LogP contribution is 2.27. The SMILES string of the molecule is COc1ccccc1OC(OC(N)=O)C(C)O. The van der Waals surface area contributed by atoms with E-state index < -0.39 is 18.5 Å². The molecular formula is C11H15NO5. The molecule has 0 radical (unpaired) electrons. The number of hydrogen-bond donors (Lipinski definition) is 2. The van der Waals surface area contributed by atoms with Gasteiger partial charge < -0.3 is 25.1 Å². The van der Waals surface area contributed by atoms with Gasteiger partial charge in [-0.25, -0.2) is 4.79 Å². The van der Waals surface area contributed by atoms with Crippen molar-refractivity contribution in [2.75, 3.05) is 7.11 Å². The van der Waals surface area contributed by atoms with Gasteiger partial charge in [0.15, 0.2) is 11.5 Å². The monoisotopic (exact) mass is 241 g/mol. The quantitative estimate of drug-likeness (QED) is 0.746. The topological polar surface area (TPSA) is 91.0 Å². The van der Waals surface area contributed by atoms with Crippen LogP contribution in [0.4, 0.5) is 4.79 Å². The number of ether oxygens (including phenoxy) is 3. The van der Waals surface area contributed by atoms with Gasteiger partial charge in [0.25, 0.3) is 6.29 Å². The summed E-state index contributed by atoms with van der Waals surface area (Å²) >= 11 is 0. The molecule has 17 heavy (non-hydrogen) atoms. The maximum Gasteiger partial charge on any atom is 0.407 e. The minimum absolute atomic E-state index is 0.349. The first kappa shape index (κ1) is 13.1. The van der Waals surface area contributed by atoms with Gasteiger partial charge in [0.05, 0.1) is 7.11 Å². The average Bonchev–Trinajstić information content (AvgIpc) is 2.28. The summed E-state index contributed by atoms with van der Waals surface area (Å²) in [7, 11) is 1.48. The molecule has 0 saturated heterocycles. The normalized spacial score (nSPS) is 13.6. The Labute approximate surface area is 98.9 Å². The third kappa shape index (κ3) is 3.84. The third-order valence-corrected chi connectivity index (χ3v) is 1.94. The molecule has 6 heteroatoms. The lowest BCUT2D eigenvalue weighted by Crippen LogP contribution is -2.36. The minimum atomic E-state index is -1.18. The van der Waals surface area contributed by atoms with Crippen molar-refractivity contribution >= 4 is 6.09 Å². The van der Waals surface area contributed by atoms with Crippen LogP contribution in [0.25, 0.3) is 0 Å². The number of amides is 1. The number of carbonyl (C=O) groups excluding carboxylic acids is 1. The maximum absolute atomic E-state index is 10.6. The number of benzene rings is 1. The van der Waals surface area contributed by atoms with Crippen LogP contribution in [0, 0.1) is 0 Å². The van der Waals surface area contributed by atoms with E-state index in [1.165, 1.54) is 14.0 Å². The van der Waals surface area contributed by atoms with Gasteiger partial charge in [-0.3, -0.25) is 0 Å². The summed E-state index contributed by atoms with van der Waals surface area (Å²) < 4.78 is 15.0. The zero-order chi connectivity index (χ0) is 12.8. The Morgan fingerprint density at radius 1 is 1.35 bits per heavy atom. The van der Waals surface area contributed by atoms with Gasteiger partial charge in [-0.2, -0.15) is 0 Å². The number of methoxy groups -OCH3 is 1. The van der Waals surface area contributed by atoms with Crippen molar-refractivity contribution in [1.29, 1.82) is 0 Å². The Hall–Kier alpha value is -1.95. The van der Waals surface area contributed by atoms with Crippen LogP contribution in [0.3, 0.4) is 0 Å². The van der Waals surface area contributed by atoms with Gasteiger partial charge in [-0.15, -0.1) is 0 Å². The molecule has 0 heterocycles. The molecule has 1 aromatic rings. The van der Waals surface area contributed by atoms with Crippen LogP contribution in [0.1, 0.15) is 6.92 Å². The zero-order valence-corrected chi connectivity index (χ0v) is 9.62. The second kappa shape index (κ2) is 5.95. The summed E-state index contributed by atoms with van der Waals surface area (Å²) in [6.07, 6.45) is -3.22. The fourth-order valence-corrected chi connectivity index (χ4v) is 1.18. The van der Waals surface area contributed by atoms with Crippen LogP contribution in [0.2, 0.25) is 0 Å². The van der Waals surface area contributed by atoms with Gasteiger partial charge in [0.1, 0.15) is 6.10 Å². The predicted octanol–water partition coefficient (Wildman–Crippen LogP) is 0.876. The Balaban J connectivity index is 2.81. The van der Waals surface area contributed by atoms with E-state index in [1.807, 2.05) is 0 Å². The highest BCUT2D eigenvalue weighted by Gasteiger charge is 2.21. The molecule has 0 aliphatic carbocycles. The second-order valence-corrected chi connectivity index (χ2v) is 3.31. The Morgan fingerprint density at radius 3 is 2.41 bits per heavy atom. The number of carbonyl (C=O) groups is 1. The van der Waals surface area contributed by atoms with Crippen LogP contribution in [-0.4, -0.2) is 30.7 Å². The summed E-state index contributed by atoms with van der Waals surface area (Å²) in [6.45, 7) is 1.42. The molecule has 2 unspecified atom stereocenters. The number of hydrogen-bond acceptors (Lipinski definition) is 5. The van der Waals surface area contributed by atoms with E-state index >= 15 is 0 Å². The molecule has 94 valence electrons. The zero-order valence-electron chi connectivity index (χ0n) is 9.62. The summed E-state index contributed by atoms with van der Waals surface area (Å²) in [5.74, 6) is 0.813. The Bertz CT molecular complexity index is 380. The lowest BCUT2D eigenvalue weighted by atomic mass is 10.3. The van der Waals surface area contributed by atoms with Crippen LogP contribution < -0.4 is 15.2 Å². The number of rotatable bonds is 5. The lowest BCUT2D eigenvalue weighted by molar-refractivity contribution is -0.0996. The van der Waals surface area contributed by atoms with E-state index in [2.05, 4.69) is 4.74 Å². The molecule has 0 saturated carbocycles. The smallest absolute Gasteiger partial charge is 0.407 e. The molecule has 0 aromatic heterocycles. The second-order valence-electron chi connectivity index (χ2n) is 3.31. The number of aliphatic hydroxyl groups excluding tert-OH is 1. The van der Waals surface area contributed by atoms with E-state index in [0.29, 0.717) is 11.5 Å². The average molecular weight is 241 g/mol. The summed E-state index contributed by atoms with van der Waals surface area (Å²) in [4.78, 5) is 10.6. The van der Waals surface area contributed by atoms with Crippen molar-refractivity contribution < 1.29 is 24.1 Å². The fraction of sp³-hybridized carbons (Fsp3) is 0.364. The number of aliphatic hydroxyl groups is 1. The lowest BCUT2D eigenvalue weighted by Gasteiger charge is -2.21.